The van der Waals surface area contributed by atoms with Crippen LogP contribution in [0.15, 0.2) is 30.5 Å². The molecule has 1 aromatic carbocycles. The zero-order valence-electron chi connectivity index (χ0n) is 12.3. The van der Waals surface area contributed by atoms with Crippen LogP contribution in [-0.2, 0) is 6.18 Å². The number of anilines is 1. The molecule has 3 aromatic rings. The lowest BCUT2D eigenvalue weighted by molar-refractivity contribution is -0.140. The Morgan fingerprint density at radius 2 is 2.04 bits per heavy atom. The Balaban J connectivity index is 2.38. The predicted octanol–water partition coefficient (Wildman–Crippen LogP) is 2.84. The molecule has 0 aliphatic rings. The van der Waals surface area contributed by atoms with Crippen molar-refractivity contribution in [3.8, 4) is 11.4 Å². The Morgan fingerprint density at radius 3 is 2.67 bits per heavy atom. The molecule has 6 nitrogen and oxygen atoms in total. The van der Waals surface area contributed by atoms with E-state index in [1.807, 2.05) is 0 Å². The second kappa shape index (κ2) is 5.52. The number of aldehydes is 1. The minimum absolute atomic E-state index is 0.0127. The first kappa shape index (κ1) is 15.8. The Kier molecular flexibility index (Phi) is 3.63. The molecular weight excluding hydrogens is 325 g/mol. The summed E-state index contributed by atoms with van der Waals surface area (Å²) >= 11 is 0. The molecule has 0 bridgehead atoms. The van der Waals surface area contributed by atoms with E-state index in [1.54, 1.807) is 0 Å². The van der Waals surface area contributed by atoms with Gasteiger partial charge in [-0.25, -0.2) is 9.67 Å². The number of carbonyl (C=O) groups excluding carboxylic acids is 1. The van der Waals surface area contributed by atoms with Crippen LogP contribution in [0.5, 0.6) is 5.75 Å². The fourth-order valence-electron chi connectivity index (χ4n) is 2.46. The van der Waals surface area contributed by atoms with Crippen molar-refractivity contribution in [2.75, 3.05) is 12.8 Å². The molecule has 0 fully saturated rings. The van der Waals surface area contributed by atoms with Crippen molar-refractivity contribution < 1.29 is 22.7 Å². The van der Waals surface area contributed by atoms with Crippen molar-refractivity contribution in [3.63, 3.8) is 0 Å². The molecule has 2 heterocycles. The van der Waals surface area contributed by atoms with E-state index in [2.05, 4.69) is 10.1 Å². The van der Waals surface area contributed by atoms with Gasteiger partial charge in [-0.15, -0.1) is 0 Å². The molecule has 0 aliphatic heterocycles. The van der Waals surface area contributed by atoms with Gasteiger partial charge in [0.2, 0.25) is 0 Å². The summed E-state index contributed by atoms with van der Waals surface area (Å²) in [6.45, 7) is 0. The van der Waals surface area contributed by atoms with Gasteiger partial charge in [-0.3, -0.25) is 4.79 Å². The maximum atomic E-state index is 13.2. The number of nitrogens with two attached hydrogens (primary N) is 1. The lowest BCUT2D eigenvalue weighted by Gasteiger charge is -2.12. The number of aromatic nitrogens is 3. The van der Waals surface area contributed by atoms with Gasteiger partial charge in [0.05, 0.1) is 29.4 Å². The van der Waals surface area contributed by atoms with Crippen molar-refractivity contribution >= 4 is 23.0 Å². The van der Waals surface area contributed by atoms with Gasteiger partial charge in [-0.2, -0.15) is 18.3 Å². The maximum Gasteiger partial charge on any atom is 0.435 e. The number of rotatable bonds is 3. The van der Waals surface area contributed by atoms with Gasteiger partial charge in [-0.05, 0) is 24.3 Å². The summed E-state index contributed by atoms with van der Waals surface area (Å²) in [6.07, 6.45) is -2.87. The fraction of sp³-hybridized carbons (Fsp3) is 0.133. The van der Waals surface area contributed by atoms with E-state index >= 15 is 0 Å². The first-order valence-electron chi connectivity index (χ1n) is 6.71. The number of hydrogen-bond donors (Lipinski definition) is 1. The number of fused-ring (bicyclic) bond motifs is 1. The van der Waals surface area contributed by atoms with Crippen molar-refractivity contribution in [3.05, 3.63) is 41.7 Å². The van der Waals surface area contributed by atoms with Crippen LogP contribution in [0, 0.1) is 0 Å². The quantitative estimate of drug-likeness (QED) is 0.587. The van der Waals surface area contributed by atoms with E-state index < -0.39 is 11.9 Å². The fourth-order valence-corrected chi connectivity index (χ4v) is 2.46. The maximum absolute atomic E-state index is 13.2. The topological polar surface area (TPSA) is 83.0 Å². The largest absolute Gasteiger partial charge is 0.494 e. The van der Waals surface area contributed by atoms with Crippen LogP contribution in [0.1, 0.15) is 16.1 Å². The Hall–Kier alpha value is -3.10. The molecule has 0 spiro atoms. The number of halogens is 3. The molecule has 2 aromatic heterocycles. The zero-order valence-corrected chi connectivity index (χ0v) is 12.3. The highest BCUT2D eigenvalue weighted by atomic mass is 19.4. The van der Waals surface area contributed by atoms with Gasteiger partial charge in [0.25, 0.3) is 0 Å². The van der Waals surface area contributed by atoms with E-state index in [1.165, 1.54) is 37.6 Å². The van der Waals surface area contributed by atoms with Crippen LogP contribution < -0.4 is 10.5 Å². The number of carbonyl (C=O) groups is 1. The summed E-state index contributed by atoms with van der Waals surface area (Å²) in [6, 6.07) is 5.46. The number of benzene rings is 1. The van der Waals surface area contributed by atoms with E-state index in [0.29, 0.717) is 6.29 Å². The van der Waals surface area contributed by atoms with Crippen LogP contribution >= 0.6 is 0 Å². The Morgan fingerprint density at radius 1 is 1.29 bits per heavy atom. The third kappa shape index (κ3) is 2.34. The molecule has 0 radical (unpaired) electrons. The first-order chi connectivity index (χ1) is 11.4. The molecule has 3 rings (SSSR count). The molecule has 0 saturated carbocycles. The Bertz CT molecular complexity index is 934. The Labute approximate surface area is 133 Å². The van der Waals surface area contributed by atoms with Crippen LogP contribution in [0.25, 0.3) is 16.7 Å². The highest BCUT2D eigenvalue weighted by Gasteiger charge is 2.37. The number of hydrogen-bond acceptors (Lipinski definition) is 5. The normalized spacial score (nSPS) is 11.7. The second-order valence-electron chi connectivity index (χ2n) is 4.87. The van der Waals surface area contributed by atoms with Gasteiger partial charge in [0, 0.05) is 6.20 Å². The summed E-state index contributed by atoms with van der Waals surface area (Å²) in [4.78, 5) is 15.4. The third-order valence-corrected chi connectivity index (χ3v) is 3.46. The van der Waals surface area contributed by atoms with E-state index in [4.69, 9.17) is 10.5 Å². The molecule has 9 heteroatoms. The van der Waals surface area contributed by atoms with E-state index in [0.717, 1.165) is 4.68 Å². The molecule has 0 atom stereocenters. The van der Waals surface area contributed by atoms with Crippen LogP contribution in [0.4, 0.5) is 18.9 Å². The highest BCUT2D eigenvalue weighted by Crippen LogP contribution is 2.36. The summed E-state index contributed by atoms with van der Waals surface area (Å²) < 4.78 is 45.7. The van der Waals surface area contributed by atoms with Gasteiger partial charge in [-0.1, -0.05) is 0 Å². The predicted molar refractivity (Wildman–Crippen MR) is 80.2 cm³/mol. The minimum Gasteiger partial charge on any atom is -0.494 e. The van der Waals surface area contributed by atoms with Gasteiger partial charge < -0.3 is 10.5 Å². The van der Waals surface area contributed by atoms with Crippen molar-refractivity contribution in [1.29, 1.82) is 0 Å². The number of methoxy groups -OCH3 is 1. The van der Waals surface area contributed by atoms with Gasteiger partial charge in [0.15, 0.2) is 23.4 Å². The summed E-state index contributed by atoms with van der Waals surface area (Å²) in [5.74, 6) is 0.0654. The molecule has 0 unspecified atom stereocenters. The standard InChI is InChI=1S/C15H11F3N4O2/c1-24-12-9(7-23)11(5-4-10(12)19)22-14-8(3-2-6-20-14)13(21-22)15(16,17)18/h2-7H,19H2,1H3. The van der Waals surface area contributed by atoms with Gasteiger partial charge >= 0.3 is 6.18 Å². The molecule has 0 aliphatic carbocycles. The van der Waals surface area contributed by atoms with E-state index in [-0.39, 0.29) is 33.7 Å². The molecule has 24 heavy (non-hydrogen) atoms. The van der Waals surface area contributed by atoms with Crippen LogP contribution in [0.3, 0.4) is 0 Å². The van der Waals surface area contributed by atoms with Crippen molar-refractivity contribution in [2.45, 2.75) is 6.18 Å². The first-order valence-corrected chi connectivity index (χ1v) is 6.71. The van der Waals surface area contributed by atoms with Gasteiger partial charge in [0.1, 0.15) is 0 Å². The zero-order chi connectivity index (χ0) is 17.5. The molecule has 2 N–H and O–H groups in total. The lowest BCUT2D eigenvalue weighted by atomic mass is 10.1. The highest BCUT2D eigenvalue weighted by molar-refractivity contribution is 5.90. The molecule has 0 amide bonds. The molecule has 0 saturated heterocycles. The lowest BCUT2D eigenvalue weighted by Crippen LogP contribution is -2.09. The smallest absolute Gasteiger partial charge is 0.435 e. The molecular formula is C15H11F3N4O2. The number of nitrogen functional groups attached to an aromatic ring is 1. The number of alkyl halides is 3. The summed E-state index contributed by atoms with van der Waals surface area (Å²) in [5.41, 5.74) is 4.88. The minimum atomic E-state index is -4.66. The third-order valence-electron chi connectivity index (χ3n) is 3.46. The van der Waals surface area contributed by atoms with Crippen LogP contribution in [0.2, 0.25) is 0 Å². The number of pyridine rings is 1. The molecule has 124 valence electrons. The number of ether oxygens (including phenoxy) is 1. The number of nitrogens with zero attached hydrogens (tertiary/aromatic N) is 3. The average molecular weight is 336 g/mol. The van der Waals surface area contributed by atoms with E-state index in [9.17, 15) is 18.0 Å². The second-order valence-corrected chi connectivity index (χ2v) is 4.87. The van der Waals surface area contributed by atoms with Crippen molar-refractivity contribution in [2.24, 2.45) is 0 Å². The monoisotopic (exact) mass is 336 g/mol. The SMILES string of the molecule is COc1c(N)ccc(-n2nc(C(F)(F)F)c3cccnc32)c1C=O. The average Bonchev–Trinajstić information content (AvgIpc) is 2.94. The van der Waals surface area contributed by atoms with Crippen LogP contribution in [-0.4, -0.2) is 28.2 Å². The summed E-state index contributed by atoms with van der Waals surface area (Å²) in [7, 11) is 1.31. The summed E-state index contributed by atoms with van der Waals surface area (Å²) in [5, 5.41) is 3.45. The van der Waals surface area contributed by atoms with Crippen molar-refractivity contribution in [1.82, 2.24) is 14.8 Å².